The molecule has 1 unspecified atom stereocenters. The van der Waals surface area contributed by atoms with Crippen LogP contribution >= 0.6 is 0 Å². The summed E-state index contributed by atoms with van der Waals surface area (Å²) in [5, 5.41) is 9.62. The van der Waals surface area contributed by atoms with E-state index in [9.17, 15) is 9.90 Å². The smallest absolute Gasteiger partial charge is 0.254 e. The molecule has 0 radical (unpaired) electrons. The zero-order chi connectivity index (χ0) is 13.3. The number of carbonyl (C=O) groups excluding carboxylic acids is 1. The minimum absolute atomic E-state index is 0.0297. The summed E-state index contributed by atoms with van der Waals surface area (Å²) >= 11 is 0. The number of likely N-dealkylation sites (tertiary alicyclic amines) is 1. The third-order valence-electron chi connectivity index (χ3n) is 3.53. The molecule has 1 atom stereocenters. The van der Waals surface area contributed by atoms with Crippen LogP contribution in [-0.4, -0.2) is 35.1 Å². The van der Waals surface area contributed by atoms with E-state index in [-0.39, 0.29) is 5.91 Å². The van der Waals surface area contributed by atoms with Crippen LogP contribution in [0, 0.1) is 13.8 Å². The van der Waals surface area contributed by atoms with Crippen LogP contribution in [0.2, 0.25) is 0 Å². The molecule has 1 aliphatic rings. The maximum atomic E-state index is 12.4. The zero-order valence-corrected chi connectivity index (χ0v) is 10.9. The molecule has 0 spiro atoms. The molecule has 98 valence electrons. The number of benzene rings is 1. The number of aliphatic hydroxyl groups excluding tert-OH is 1. The fraction of sp³-hybridized carbons (Fsp3) is 0.500. The number of hydrogen-bond acceptors (Lipinski definition) is 3. The van der Waals surface area contributed by atoms with Gasteiger partial charge in [0.2, 0.25) is 0 Å². The molecular formula is C14H20N2O2. The van der Waals surface area contributed by atoms with Gasteiger partial charge in [0.05, 0.1) is 6.10 Å². The van der Waals surface area contributed by atoms with Crippen LogP contribution in [0.3, 0.4) is 0 Å². The van der Waals surface area contributed by atoms with Gasteiger partial charge in [0.25, 0.3) is 5.91 Å². The topological polar surface area (TPSA) is 66.6 Å². The second-order valence-corrected chi connectivity index (χ2v) is 5.07. The van der Waals surface area contributed by atoms with Gasteiger partial charge >= 0.3 is 0 Å². The fourth-order valence-electron chi connectivity index (χ4n) is 2.41. The van der Waals surface area contributed by atoms with Crippen molar-refractivity contribution in [3.05, 3.63) is 28.8 Å². The number of aliphatic hydroxyl groups is 1. The summed E-state index contributed by atoms with van der Waals surface area (Å²) in [6.45, 7) is 4.98. The van der Waals surface area contributed by atoms with E-state index < -0.39 is 6.10 Å². The molecule has 2 rings (SSSR count). The molecule has 0 bridgehead atoms. The summed E-state index contributed by atoms with van der Waals surface area (Å²) in [6.07, 6.45) is 1.23. The van der Waals surface area contributed by atoms with E-state index >= 15 is 0 Å². The monoisotopic (exact) mass is 248 g/mol. The SMILES string of the molecule is Cc1cc(C)c(C(=O)N2CCCC(O)C2)cc1N. The molecule has 0 aromatic heterocycles. The van der Waals surface area contributed by atoms with Crippen molar-refractivity contribution in [3.63, 3.8) is 0 Å². The van der Waals surface area contributed by atoms with E-state index in [1.807, 2.05) is 19.9 Å². The highest BCUT2D eigenvalue weighted by Crippen LogP contribution is 2.21. The lowest BCUT2D eigenvalue weighted by Gasteiger charge is -2.30. The Morgan fingerprint density at radius 2 is 2.11 bits per heavy atom. The number of piperidine rings is 1. The lowest BCUT2D eigenvalue weighted by molar-refractivity contribution is 0.0473. The minimum Gasteiger partial charge on any atom is -0.398 e. The molecule has 1 aliphatic heterocycles. The molecule has 1 fully saturated rings. The van der Waals surface area contributed by atoms with Crippen LogP contribution < -0.4 is 5.73 Å². The predicted molar refractivity (Wildman–Crippen MR) is 71.5 cm³/mol. The van der Waals surface area contributed by atoms with Gasteiger partial charge in [-0.05, 0) is 43.9 Å². The van der Waals surface area contributed by atoms with Crippen molar-refractivity contribution in [3.8, 4) is 0 Å². The van der Waals surface area contributed by atoms with Crippen LogP contribution in [0.15, 0.2) is 12.1 Å². The van der Waals surface area contributed by atoms with Crippen molar-refractivity contribution >= 4 is 11.6 Å². The molecule has 4 heteroatoms. The molecule has 4 nitrogen and oxygen atoms in total. The number of hydrogen-bond donors (Lipinski definition) is 2. The third kappa shape index (κ3) is 2.48. The molecule has 1 saturated heterocycles. The van der Waals surface area contributed by atoms with E-state index in [0.717, 1.165) is 24.0 Å². The molecule has 1 aromatic rings. The summed E-state index contributed by atoms with van der Waals surface area (Å²) in [7, 11) is 0. The Balaban J connectivity index is 2.25. The quantitative estimate of drug-likeness (QED) is 0.740. The highest BCUT2D eigenvalue weighted by Gasteiger charge is 2.24. The Hall–Kier alpha value is -1.55. The number of rotatable bonds is 1. The Kier molecular flexibility index (Phi) is 3.57. The molecule has 3 N–H and O–H groups in total. The van der Waals surface area contributed by atoms with Crippen molar-refractivity contribution < 1.29 is 9.90 Å². The van der Waals surface area contributed by atoms with Crippen LogP contribution in [0.4, 0.5) is 5.69 Å². The maximum Gasteiger partial charge on any atom is 0.254 e. The van der Waals surface area contributed by atoms with Crippen molar-refractivity contribution in [1.82, 2.24) is 4.90 Å². The highest BCUT2D eigenvalue weighted by atomic mass is 16.3. The van der Waals surface area contributed by atoms with Crippen LogP contribution in [0.1, 0.15) is 34.3 Å². The fourth-order valence-corrected chi connectivity index (χ4v) is 2.41. The van der Waals surface area contributed by atoms with Gasteiger partial charge in [0.15, 0.2) is 0 Å². The van der Waals surface area contributed by atoms with Crippen LogP contribution in [-0.2, 0) is 0 Å². The summed E-state index contributed by atoms with van der Waals surface area (Å²) in [5.74, 6) is -0.0297. The number of amides is 1. The summed E-state index contributed by atoms with van der Waals surface area (Å²) < 4.78 is 0. The first kappa shape index (κ1) is 12.9. The molecule has 18 heavy (non-hydrogen) atoms. The molecule has 1 amide bonds. The second-order valence-electron chi connectivity index (χ2n) is 5.07. The van der Waals surface area contributed by atoms with Crippen LogP contribution in [0.25, 0.3) is 0 Å². The number of carbonyl (C=O) groups is 1. The van der Waals surface area contributed by atoms with Gasteiger partial charge in [-0.1, -0.05) is 6.07 Å². The van der Waals surface area contributed by atoms with Crippen LogP contribution in [0.5, 0.6) is 0 Å². The van der Waals surface area contributed by atoms with Gasteiger partial charge in [0, 0.05) is 24.3 Å². The van der Waals surface area contributed by atoms with E-state index in [0.29, 0.717) is 24.3 Å². The van der Waals surface area contributed by atoms with Crippen molar-refractivity contribution in [2.75, 3.05) is 18.8 Å². The number of aryl methyl sites for hydroxylation is 2. The summed E-state index contributed by atoms with van der Waals surface area (Å²) in [4.78, 5) is 14.1. The number of β-amino-alcohol motifs (C(OH)–C–C–N with tert-alkyl or cyclic N) is 1. The molecule has 0 aliphatic carbocycles. The number of nitrogens with two attached hydrogens (primary N) is 1. The Bertz CT molecular complexity index is 471. The van der Waals surface area contributed by atoms with E-state index in [4.69, 9.17) is 5.73 Å². The number of anilines is 1. The second kappa shape index (κ2) is 4.98. The maximum absolute atomic E-state index is 12.4. The summed E-state index contributed by atoms with van der Waals surface area (Å²) in [5.41, 5.74) is 9.08. The average Bonchev–Trinajstić information content (AvgIpc) is 2.33. The normalized spacial score (nSPS) is 19.9. The number of nitrogen functional groups attached to an aromatic ring is 1. The largest absolute Gasteiger partial charge is 0.398 e. The average molecular weight is 248 g/mol. The Morgan fingerprint density at radius 3 is 2.78 bits per heavy atom. The van der Waals surface area contributed by atoms with Crippen molar-refractivity contribution in [1.29, 1.82) is 0 Å². The Labute approximate surface area is 107 Å². The lowest BCUT2D eigenvalue weighted by Crippen LogP contribution is -2.42. The molecule has 1 heterocycles. The highest BCUT2D eigenvalue weighted by molar-refractivity contribution is 5.96. The molecular weight excluding hydrogens is 228 g/mol. The van der Waals surface area contributed by atoms with Gasteiger partial charge in [-0.3, -0.25) is 4.79 Å². The zero-order valence-electron chi connectivity index (χ0n) is 10.9. The first-order chi connectivity index (χ1) is 8.49. The standard InChI is InChI=1S/C14H20N2O2/c1-9-6-10(2)13(15)7-12(9)14(18)16-5-3-4-11(17)8-16/h6-7,11,17H,3-5,8,15H2,1-2H3. The minimum atomic E-state index is -0.397. The van der Waals surface area contributed by atoms with E-state index in [2.05, 4.69) is 0 Å². The third-order valence-corrected chi connectivity index (χ3v) is 3.53. The molecule has 0 saturated carbocycles. The van der Waals surface area contributed by atoms with Gasteiger partial charge < -0.3 is 15.7 Å². The number of nitrogens with zero attached hydrogens (tertiary/aromatic N) is 1. The Morgan fingerprint density at radius 1 is 1.39 bits per heavy atom. The van der Waals surface area contributed by atoms with E-state index in [1.54, 1.807) is 11.0 Å². The first-order valence-corrected chi connectivity index (χ1v) is 6.33. The van der Waals surface area contributed by atoms with Gasteiger partial charge in [-0.2, -0.15) is 0 Å². The van der Waals surface area contributed by atoms with Gasteiger partial charge in [-0.25, -0.2) is 0 Å². The predicted octanol–water partition coefficient (Wildman–Crippen LogP) is 1.48. The van der Waals surface area contributed by atoms with Crippen molar-refractivity contribution in [2.24, 2.45) is 0 Å². The van der Waals surface area contributed by atoms with Gasteiger partial charge in [0.1, 0.15) is 0 Å². The first-order valence-electron chi connectivity index (χ1n) is 6.33. The lowest BCUT2D eigenvalue weighted by atomic mass is 10.0. The van der Waals surface area contributed by atoms with Gasteiger partial charge in [-0.15, -0.1) is 0 Å². The molecule has 1 aromatic carbocycles. The van der Waals surface area contributed by atoms with Crippen molar-refractivity contribution in [2.45, 2.75) is 32.8 Å². The van der Waals surface area contributed by atoms with E-state index in [1.165, 1.54) is 0 Å². The summed E-state index contributed by atoms with van der Waals surface area (Å²) in [6, 6.07) is 3.68.